The smallest absolute Gasteiger partial charge is 0.319 e. The quantitative estimate of drug-likeness (QED) is 0.791. The molecule has 7 nitrogen and oxygen atoms in total. The summed E-state index contributed by atoms with van der Waals surface area (Å²) in [7, 11) is 0. The highest BCUT2D eigenvalue weighted by Crippen LogP contribution is 2.32. The number of ether oxygens (including phenoxy) is 2. The van der Waals surface area contributed by atoms with Gasteiger partial charge in [-0.05, 0) is 36.8 Å². The molecule has 7 heteroatoms. The molecule has 3 amide bonds. The highest BCUT2D eigenvalue weighted by atomic mass is 16.5. The lowest BCUT2D eigenvalue weighted by Crippen LogP contribution is -2.37. The van der Waals surface area contributed by atoms with E-state index in [0.717, 1.165) is 17.7 Å². The molecule has 0 radical (unpaired) electrons. The molecule has 0 saturated carbocycles. The Bertz CT molecular complexity index is 843. The Kier molecular flexibility index (Phi) is 4.12. The fourth-order valence-electron chi connectivity index (χ4n) is 3.04. The van der Waals surface area contributed by atoms with Crippen LogP contribution in [0.1, 0.15) is 12.5 Å². The first-order valence-corrected chi connectivity index (χ1v) is 8.49. The van der Waals surface area contributed by atoms with Crippen molar-refractivity contribution in [3.63, 3.8) is 0 Å². The maximum atomic E-state index is 12.1. The van der Waals surface area contributed by atoms with E-state index in [-0.39, 0.29) is 18.0 Å². The van der Waals surface area contributed by atoms with Gasteiger partial charge in [-0.1, -0.05) is 18.2 Å². The standard InChI is InChI=1S/C19H19N3O4/c1-11-18(23)22-15-9-13(6-7-17(15)25-11)21-19(24)20-10-14-8-12-4-2-3-5-16(12)26-14/h2-7,9,11,14H,8,10H2,1H3,(H,22,23)(H2,20,21,24)/t11-,14-/m0/s1. The molecule has 0 aliphatic carbocycles. The van der Waals surface area contributed by atoms with Gasteiger partial charge in [0.25, 0.3) is 5.91 Å². The molecule has 0 bridgehead atoms. The zero-order valence-corrected chi connectivity index (χ0v) is 14.2. The lowest BCUT2D eigenvalue weighted by atomic mass is 10.1. The number of hydrogen-bond donors (Lipinski definition) is 3. The third-order valence-corrected chi connectivity index (χ3v) is 4.37. The molecule has 4 rings (SSSR count). The molecule has 0 saturated heterocycles. The van der Waals surface area contributed by atoms with E-state index in [0.29, 0.717) is 23.7 Å². The Balaban J connectivity index is 1.32. The summed E-state index contributed by atoms with van der Waals surface area (Å²) in [6.07, 6.45) is 0.174. The molecule has 3 N–H and O–H groups in total. The summed E-state index contributed by atoms with van der Waals surface area (Å²) in [5.41, 5.74) is 2.26. The van der Waals surface area contributed by atoms with Crippen LogP contribution >= 0.6 is 0 Å². The second-order valence-corrected chi connectivity index (χ2v) is 6.35. The van der Waals surface area contributed by atoms with Crippen LogP contribution in [0, 0.1) is 0 Å². The first-order valence-electron chi connectivity index (χ1n) is 8.49. The Morgan fingerprint density at radius 2 is 2.04 bits per heavy atom. The third-order valence-electron chi connectivity index (χ3n) is 4.37. The highest BCUT2D eigenvalue weighted by Gasteiger charge is 2.24. The maximum Gasteiger partial charge on any atom is 0.319 e. The zero-order valence-electron chi connectivity index (χ0n) is 14.2. The Hall–Kier alpha value is -3.22. The van der Waals surface area contributed by atoms with Gasteiger partial charge in [0.15, 0.2) is 6.10 Å². The van der Waals surface area contributed by atoms with Gasteiger partial charge in [-0.15, -0.1) is 0 Å². The second kappa shape index (κ2) is 6.59. The summed E-state index contributed by atoms with van der Waals surface area (Å²) in [6, 6.07) is 12.6. The van der Waals surface area contributed by atoms with Crippen LogP contribution in [-0.4, -0.2) is 30.7 Å². The predicted octanol–water partition coefficient (Wildman–Crippen LogP) is 2.53. The number of benzene rings is 2. The number of urea groups is 1. The SMILES string of the molecule is C[C@@H]1Oc2ccc(NC(=O)NC[C@@H]3Cc4ccccc4O3)cc2NC1=O. The molecule has 26 heavy (non-hydrogen) atoms. The van der Waals surface area contributed by atoms with E-state index in [9.17, 15) is 9.59 Å². The summed E-state index contributed by atoms with van der Waals surface area (Å²) >= 11 is 0. The van der Waals surface area contributed by atoms with E-state index >= 15 is 0 Å². The number of amides is 3. The maximum absolute atomic E-state index is 12.1. The van der Waals surface area contributed by atoms with Crippen molar-refractivity contribution in [1.82, 2.24) is 5.32 Å². The third kappa shape index (κ3) is 3.28. The molecule has 2 aromatic rings. The first-order chi connectivity index (χ1) is 12.6. The van der Waals surface area contributed by atoms with Gasteiger partial charge in [0.05, 0.1) is 12.2 Å². The Morgan fingerprint density at radius 1 is 1.19 bits per heavy atom. The minimum atomic E-state index is -0.528. The highest BCUT2D eigenvalue weighted by molar-refractivity contribution is 5.99. The number of hydrogen-bond acceptors (Lipinski definition) is 4. The lowest BCUT2D eigenvalue weighted by Gasteiger charge is -2.23. The summed E-state index contributed by atoms with van der Waals surface area (Å²) in [5, 5.41) is 8.32. The number of carbonyl (C=O) groups excluding carboxylic acids is 2. The molecule has 0 unspecified atom stereocenters. The van der Waals surface area contributed by atoms with Crippen molar-refractivity contribution in [3.05, 3.63) is 48.0 Å². The topological polar surface area (TPSA) is 88.7 Å². The van der Waals surface area contributed by atoms with Gasteiger partial charge in [0.1, 0.15) is 17.6 Å². The van der Waals surface area contributed by atoms with E-state index in [1.807, 2.05) is 24.3 Å². The van der Waals surface area contributed by atoms with Crippen LogP contribution in [0.4, 0.5) is 16.2 Å². The van der Waals surface area contributed by atoms with Gasteiger partial charge in [-0.2, -0.15) is 0 Å². The van der Waals surface area contributed by atoms with Gasteiger partial charge in [-0.25, -0.2) is 4.79 Å². The largest absolute Gasteiger partial charge is 0.488 e. The molecule has 2 atom stereocenters. The van der Waals surface area contributed by atoms with Gasteiger partial charge >= 0.3 is 6.03 Å². The molecule has 0 aromatic heterocycles. The Morgan fingerprint density at radius 3 is 2.88 bits per heavy atom. The van der Waals surface area contributed by atoms with E-state index in [1.54, 1.807) is 25.1 Å². The summed E-state index contributed by atoms with van der Waals surface area (Å²) < 4.78 is 11.3. The monoisotopic (exact) mass is 353 g/mol. The summed E-state index contributed by atoms with van der Waals surface area (Å²) in [5.74, 6) is 1.25. The molecule has 0 spiro atoms. The van der Waals surface area contributed by atoms with E-state index in [1.165, 1.54) is 0 Å². The van der Waals surface area contributed by atoms with Crippen LogP contribution in [0.5, 0.6) is 11.5 Å². The van der Waals surface area contributed by atoms with Gasteiger partial charge in [-0.3, -0.25) is 4.79 Å². The minimum absolute atomic E-state index is 0.0733. The van der Waals surface area contributed by atoms with Crippen molar-refractivity contribution in [2.24, 2.45) is 0 Å². The molecule has 134 valence electrons. The molecular weight excluding hydrogens is 334 g/mol. The number of anilines is 2. The van der Waals surface area contributed by atoms with Crippen LogP contribution in [0.25, 0.3) is 0 Å². The number of nitrogens with one attached hydrogen (secondary N) is 3. The van der Waals surface area contributed by atoms with Gasteiger partial charge in [0.2, 0.25) is 0 Å². The number of para-hydroxylation sites is 1. The fraction of sp³-hybridized carbons (Fsp3) is 0.263. The summed E-state index contributed by atoms with van der Waals surface area (Å²) in [4.78, 5) is 23.8. The van der Waals surface area contributed by atoms with Crippen molar-refractivity contribution in [2.75, 3.05) is 17.2 Å². The predicted molar refractivity (Wildman–Crippen MR) is 96.7 cm³/mol. The van der Waals surface area contributed by atoms with Crippen molar-refractivity contribution >= 4 is 23.3 Å². The minimum Gasteiger partial charge on any atom is -0.488 e. The molecule has 2 heterocycles. The number of rotatable bonds is 3. The lowest BCUT2D eigenvalue weighted by molar-refractivity contribution is -0.122. The van der Waals surface area contributed by atoms with Crippen LogP contribution in [0.15, 0.2) is 42.5 Å². The Labute approximate surface area is 150 Å². The normalized spacial score (nSPS) is 20.1. The van der Waals surface area contributed by atoms with E-state index in [4.69, 9.17) is 9.47 Å². The zero-order chi connectivity index (χ0) is 18.1. The molecular formula is C19H19N3O4. The molecule has 2 aromatic carbocycles. The second-order valence-electron chi connectivity index (χ2n) is 6.35. The average Bonchev–Trinajstić information content (AvgIpc) is 3.04. The van der Waals surface area contributed by atoms with Gasteiger partial charge < -0.3 is 25.4 Å². The van der Waals surface area contributed by atoms with E-state index in [2.05, 4.69) is 16.0 Å². The van der Waals surface area contributed by atoms with Crippen LogP contribution in [0.3, 0.4) is 0 Å². The van der Waals surface area contributed by atoms with Crippen molar-refractivity contribution in [3.8, 4) is 11.5 Å². The molecule has 2 aliphatic rings. The number of carbonyl (C=O) groups is 2. The van der Waals surface area contributed by atoms with Crippen molar-refractivity contribution in [2.45, 2.75) is 25.6 Å². The molecule has 2 aliphatic heterocycles. The van der Waals surface area contributed by atoms with Crippen LogP contribution in [-0.2, 0) is 11.2 Å². The fourth-order valence-corrected chi connectivity index (χ4v) is 3.04. The number of fused-ring (bicyclic) bond motifs is 2. The first kappa shape index (κ1) is 16.3. The van der Waals surface area contributed by atoms with Crippen molar-refractivity contribution < 1.29 is 19.1 Å². The van der Waals surface area contributed by atoms with E-state index < -0.39 is 6.10 Å². The average molecular weight is 353 g/mol. The molecule has 0 fully saturated rings. The van der Waals surface area contributed by atoms with Crippen LogP contribution in [0.2, 0.25) is 0 Å². The summed E-state index contributed by atoms with van der Waals surface area (Å²) in [6.45, 7) is 2.09. The van der Waals surface area contributed by atoms with Gasteiger partial charge in [0, 0.05) is 12.1 Å². The van der Waals surface area contributed by atoms with Crippen molar-refractivity contribution in [1.29, 1.82) is 0 Å². The van der Waals surface area contributed by atoms with Crippen LogP contribution < -0.4 is 25.4 Å².